The van der Waals surface area contributed by atoms with Crippen LogP contribution in [0.3, 0.4) is 0 Å². The number of carbonyl (C=O) groups is 3. The van der Waals surface area contributed by atoms with Crippen LogP contribution in [-0.2, 0) is 19.1 Å². The molecule has 5 nitrogen and oxygen atoms in total. The number of rotatable bonds is 37. The molecule has 0 amide bonds. The second-order valence-electron chi connectivity index (χ2n) is 17.7. The molecule has 0 aromatic heterocycles. The van der Waals surface area contributed by atoms with Crippen molar-refractivity contribution in [3.05, 3.63) is 24.3 Å². The zero-order valence-corrected chi connectivity index (χ0v) is 38.4. The number of ether oxygens (including phenoxy) is 1. The van der Waals surface area contributed by atoms with Gasteiger partial charge >= 0.3 is 5.97 Å². The molecule has 54 heavy (non-hydrogen) atoms. The van der Waals surface area contributed by atoms with Crippen LogP contribution >= 0.6 is 23.5 Å². The number of unbranched alkanes of at least 4 members (excludes halogenated alkanes) is 16. The summed E-state index contributed by atoms with van der Waals surface area (Å²) in [4.78, 5) is 40.1. The first-order valence-electron chi connectivity index (χ1n) is 22.3. The van der Waals surface area contributed by atoms with Crippen LogP contribution in [0.25, 0.3) is 0 Å². The van der Waals surface area contributed by atoms with Crippen LogP contribution in [0.2, 0.25) is 0 Å². The molecule has 0 atom stereocenters. The average Bonchev–Trinajstić information content (AvgIpc) is 3.08. The molecule has 0 fully saturated rings. The van der Waals surface area contributed by atoms with Gasteiger partial charge in [0.25, 0.3) is 0 Å². The van der Waals surface area contributed by atoms with Crippen LogP contribution in [0.4, 0.5) is 0 Å². The van der Waals surface area contributed by atoms with Crippen molar-refractivity contribution < 1.29 is 19.1 Å². The normalized spacial score (nSPS) is 12.6. The molecule has 0 aliphatic heterocycles. The Hall–Kier alpha value is -1.05. The molecule has 0 aliphatic carbocycles. The lowest BCUT2D eigenvalue weighted by atomic mass is 9.73. The topological polar surface area (TPSA) is 63.7 Å². The fraction of sp³-hybridized carbons (Fsp3) is 0.851. The van der Waals surface area contributed by atoms with Gasteiger partial charge in [-0.1, -0.05) is 166 Å². The van der Waals surface area contributed by atoms with Crippen LogP contribution in [-0.4, -0.2) is 59.3 Å². The summed E-state index contributed by atoms with van der Waals surface area (Å²) in [5.41, 5.74) is -0.00384. The summed E-state index contributed by atoms with van der Waals surface area (Å²) in [5.74, 6) is 1.54. The van der Waals surface area contributed by atoms with E-state index in [9.17, 15) is 14.4 Å². The minimum absolute atomic E-state index is 0.0292. The molecule has 0 saturated heterocycles. The lowest BCUT2D eigenvalue weighted by molar-refractivity contribution is -0.152. The first kappa shape index (κ1) is 53.0. The fourth-order valence-electron chi connectivity index (χ4n) is 7.67. The van der Waals surface area contributed by atoms with Gasteiger partial charge in [0.05, 0.1) is 6.42 Å². The van der Waals surface area contributed by atoms with Gasteiger partial charge in [-0.25, -0.2) is 0 Å². The smallest absolute Gasteiger partial charge is 0.306 e. The lowest BCUT2D eigenvalue weighted by Crippen LogP contribution is -2.34. The third-order valence-electron chi connectivity index (χ3n) is 9.90. The highest BCUT2D eigenvalue weighted by molar-refractivity contribution is 8.14. The van der Waals surface area contributed by atoms with Gasteiger partial charge < -0.3 is 9.64 Å². The Morgan fingerprint density at radius 1 is 0.574 bits per heavy atom. The quantitative estimate of drug-likeness (QED) is 0.0352. The molecule has 0 bridgehead atoms. The Balaban J connectivity index is 4.57. The highest BCUT2D eigenvalue weighted by Gasteiger charge is 2.32. The maximum Gasteiger partial charge on any atom is 0.306 e. The number of carbonyl (C=O) groups excluding carboxylic acids is 3. The minimum Gasteiger partial charge on any atom is -0.462 e. The predicted molar refractivity (Wildman–Crippen MR) is 241 cm³/mol. The standard InChI is InChI=1S/C47H87NO4S2/c1-9-11-13-15-17-25-31-37-53-44(50)35-29-23-19-21-27-33-42(52-43(49)39-46(3,4)40-47(5,6)41-48(7)8)34-28-22-20-24-30-36-45(51)54-38-32-26-18-16-14-12-10-2/h25-26,31-32,42H,9-24,27-30,33-41H2,1-8H3/b31-25-,32-26-. The van der Waals surface area contributed by atoms with E-state index in [1.807, 2.05) is 0 Å². The number of hydrogen-bond donors (Lipinski definition) is 0. The van der Waals surface area contributed by atoms with Gasteiger partial charge in [-0.2, -0.15) is 0 Å². The maximum atomic E-state index is 13.3. The fourth-order valence-corrected chi connectivity index (χ4v) is 9.08. The number of hydrogen-bond acceptors (Lipinski definition) is 7. The van der Waals surface area contributed by atoms with Crippen molar-refractivity contribution in [2.24, 2.45) is 10.8 Å². The Kier molecular flexibility index (Phi) is 34.5. The summed E-state index contributed by atoms with van der Waals surface area (Å²) in [6.07, 6.45) is 36.5. The predicted octanol–water partition coefficient (Wildman–Crippen LogP) is 14.3. The van der Waals surface area contributed by atoms with Gasteiger partial charge in [0, 0.05) is 30.9 Å². The molecule has 0 aromatic rings. The van der Waals surface area contributed by atoms with Crippen LogP contribution in [0.15, 0.2) is 24.3 Å². The molecule has 0 unspecified atom stereocenters. The van der Waals surface area contributed by atoms with Crippen LogP contribution < -0.4 is 0 Å². The monoisotopic (exact) mass is 794 g/mol. The molecule has 0 rings (SSSR count). The molecule has 0 aliphatic rings. The third kappa shape index (κ3) is 36.6. The number of thioether (sulfide) groups is 2. The van der Waals surface area contributed by atoms with Crippen LogP contribution in [0.1, 0.15) is 208 Å². The SMILES string of the molecule is CCCCCC/C=C\CSC(=O)CCCCCCCC(CCCCCCCC(=O)SC/C=C\CCCCCC)OC(=O)CC(C)(C)CC(C)(C)CN(C)C. The van der Waals surface area contributed by atoms with Gasteiger partial charge in [0.15, 0.2) is 10.2 Å². The minimum atomic E-state index is -0.123. The van der Waals surface area contributed by atoms with Crippen molar-refractivity contribution in [3.63, 3.8) is 0 Å². The molecule has 0 N–H and O–H groups in total. The number of nitrogens with zero attached hydrogens (tertiary/aromatic N) is 1. The summed E-state index contributed by atoms with van der Waals surface area (Å²) in [5, 5.41) is 0.625. The van der Waals surface area contributed by atoms with E-state index in [2.05, 4.69) is 84.8 Å². The molecule has 0 saturated carbocycles. The first-order valence-corrected chi connectivity index (χ1v) is 24.2. The number of allylic oxidation sites excluding steroid dienone is 2. The molecule has 316 valence electrons. The summed E-state index contributed by atoms with van der Waals surface area (Å²) in [6, 6.07) is 0. The molecular weight excluding hydrogens is 707 g/mol. The molecule has 0 radical (unpaired) electrons. The Morgan fingerprint density at radius 2 is 1.00 bits per heavy atom. The van der Waals surface area contributed by atoms with Gasteiger partial charge in [-0.15, -0.1) is 0 Å². The molecule has 0 spiro atoms. The second kappa shape index (κ2) is 35.1. The van der Waals surface area contributed by atoms with Gasteiger partial charge in [0.1, 0.15) is 6.10 Å². The molecular formula is C47H87NO4S2. The van der Waals surface area contributed by atoms with E-state index in [0.717, 1.165) is 114 Å². The van der Waals surface area contributed by atoms with Gasteiger partial charge in [-0.3, -0.25) is 14.4 Å². The zero-order valence-electron chi connectivity index (χ0n) is 36.8. The summed E-state index contributed by atoms with van der Waals surface area (Å²) in [6.45, 7) is 14.4. The molecule has 0 heterocycles. The largest absolute Gasteiger partial charge is 0.462 e. The average molecular weight is 794 g/mol. The highest BCUT2D eigenvalue weighted by atomic mass is 32.2. The maximum absolute atomic E-state index is 13.3. The van der Waals surface area contributed by atoms with E-state index >= 15 is 0 Å². The third-order valence-corrected chi connectivity index (χ3v) is 11.7. The Morgan fingerprint density at radius 3 is 1.44 bits per heavy atom. The van der Waals surface area contributed by atoms with Gasteiger partial charge in [0.2, 0.25) is 0 Å². The van der Waals surface area contributed by atoms with Crippen molar-refractivity contribution >= 4 is 39.7 Å². The first-order chi connectivity index (χ1) is 25.8. The van der Waals surface area contributed by atoms with Crippen molar-refractivity contribution in [1.82, 2.24) is 4.90 Å². The molecule has 7 heteroatoms. The Bertz CT molecular complexity index is 938. The van der Waals surface area contributed by atoms with E-state index < -0.39 is 0 Å². The molecule has 0 aromatic carbocycles. The highest BCUT2D eigenvalue weighted by Crippen LogP contribution is 2.37. The van der Waals surface area contributed by atoms with E-state index in [4.69, 9.17) is 4.74 Å². The van der Waals surface area contributed by atoms with Crippen molar-refractivity contribution in [1.29, 1.82) is 0 Å². The van der Waals surface area contributed by atoms with E-state index in [0.29, 0.717) is 29.5 Å². The van der Waals surface area contributed by atoms with Crippen molar-refractivity contribution in [2.45, 2.75) is 215 Å². The van der Waals surface area contributed by atoms with Crippen molar-refractivity contribution in [3.8, 4) is 0 Å². The second-order valence-corrected chi connectivity index (χ2v) is 19.8. The lowest BCUT2D eigenvalue weighted by Gasteiger charge is -2.36. The van der Waals surface area contributed by atoms with Crippen LogP contribution in [0, 0.1) is 10.8 Å². The Labute approximate surface area is 344 Å². The number of esters is 1. The summed E-state index contributed by atoms with van der Waals surface area (Å²) < 4.78 is 6.20. The van der Waals surface area contributed by atoms with Gasteiger partial charge in [-0.05, 0) is 95.6 Å². The van der Waals surface area contributed by atoms with E-state index in [1.54, 1.807) is 0 Å². The summed E-state index contributed by atoms with van der Waals surface area (Å²) >= 11 is 2.92. The zero-order chi connectivity index (χ0) is 40.3. The van der Waals surface area contributed by atoms with Crippen LogP contribution in [0.5, 0.6) is 0 Å². The van der Waals surface area contributed by atoms with Crippen molar-refractivity contribution in [2.75, 3.05) is 32.1 Å². The van der Waals surface area contributed by atoms with E-state index in [-0.39, 0.29) is 22.9 Å². The summed E-state index contributed by atoms with van der Waals surface area (Å²) in [7, 11) is 4.22. The van der Waals surface area contributed by atoms with E-state index in [1.165, 1.54) is 74.9 Å².